The van der Waals surface area contributed by atoms with Gasteiger partial charge in [0.25, 0.3) is 0 Å². The van der Waals surface area contributed by atoms with Crippen LogP contribution in [0.5, 0.6) is 11.5 Å². The highest BCUT2D eigenvalue weighted by molar-refractivity contribution is 6.31. The number of methoxy groups -OCH3 is 2. The molecule has 40 heavy (non-hydrogen) atoms. The Labute approximate surface area is 232 Å². The second-order valence-electron chi connectivity index (χ2n) is 11.3. The summed E-state index contributed by atoms with van der Waals surface area (Å²) in [7, 11) is 3.05. The van der Waals surface area contributed by atoms with Gasteiger partial charge in [0, 0.05) is 22.6 Å². The van der Waals surface area contributed by atoms with E-state index in [4.69, 9.17) is 19.3 Å². The predicted molar refractivity (Wildman–Crippen MR) is 148 cm³/mol. The molecule has 3 aromatic rings. The molecule has 0 saturated carbocycles. The lowest BCUT2D eigenvalue weighted by molar-refractivity contribution is -0.161. The monoisotopic (exact) mass is 538 g/mol. The number of hydrogen-bond acceptors (Lipinski definition) is 8. The van der Waals surface area contributed by atoms with Crippen molar-refractivity contribution in [3.05, 3.63) is 94.5 Å². The van der Waals surface area contributed by atoms with Gasteiger partial charge in [0.15, 0.2) is 17.6 Å². The van der Waals surface area contributed by atoms with Crippen LogP contribution in [0.25, 0.3) is 0 Å². The van der Waals surface area contributed by atoms with E-state index in [1.165, 1.54) is 14.2 Å². The highest BCUT2D eigenvalue weighted by Gasteiger charge is 2.73. The van der Waals surface area contributed by atoms with Crippen LogP contribution in [-0.4, -0.2) is 54.6 Å². The minimum Gasteiger partial charge on any atom is -0.497 e. The molecular weight excluding hydrogens is 508 g/mol. The molecule has 0 amide bonds. The molecule has 0 bridgehead atoms. The highest BCUT2D eigenvalue weighted by atomic mass is 16.6. The first-order chi connectivity index (χ1) is 19.1. The van der Waals surface area contributed by atoms with Crippen molar-refractivity contribution in [1.29, 1.82) is 0 Å². The van der Waals surface area contributed by atoms with E-state index < -0.39 is 35.0 Å². The second kappa shape index (κ2) is 9.05. The first-order valence-electron chi connectivity index (χ1n) is 13.2. The Kier molecular flexibility index (Phi) is 5.83. The molecule has 1 fully saturated rings. The van der Waals surface area contributed by atoms with Crippen LogP contribution in [0.3, 0.4) is 0 Å². The van der Waals surface area contributed by atoms with E-state index >= 15 is 0 Å². The number of ketones is 2. The predicted octanol–water partition coefficient (Wildman–Crippen LogP) is 4.97. The molecule has 2 aliphatic heterocycles. The summed E-state index contributed by atoms with van der Waals surface area (Å²) in [6.07, 6.45) is 1.67. The largest absolute Gasteiger partial charge is 0.497 e. The molecular formula is C32H30N2O6. The van der Waals surface area contributed by atoms with Crippen LogP contribution in [0.15, 0.2) is 71.8 Å². The van der Waals surface area contributed by atoms with Gasteiger partial charge in [0.05, 0.1) is 26.5 Å². The zero-order valence-electron chi connectivity index (χ0n) is 23.0. The molecule has 8 heteroatoms. The highest BCUT2D eigenvalue weighted by Crippen LogP contribution is 2.65. The maximum Gasteiger partial charge on any atom is 0.331 e. The van der Waals surface area contributed by atoms with Gasteiger partial charge in [-0.3, -0.25) is 14.6 Å². The zero-order valence-corrected chi connectivity index (χ0v) is 23.0. The van der Waals surface area contributed by atoms with E-state index in [-0.39, 0.29) is 11.6 Å². The van der Waals surface area contributed by atoms with Crippen LogP contribution in [-0.2, 0) is 9.53 Å². The fraction of sp³-hybridized carbons (Fsp3) is 0.312. The molecule has 3 aromatic carbocycles. The number of hydrazone groups is 1. The van der Waals surface area contributed by atoms with Gasteiger partial charge >= 0.3 is 5.97 Å². The molecule has 1 aliphatic carbocycles. The van der Waals surface area contributed by atoms with Crippen molar-refractivity contribution >= 4 is 23.8 Å². The number of carbonyl (C=O) groups excluding carboxylic acids is 3. The number of fused-ring (bicyclic) bond motifs is 5. The van der Waals surface area contributed by atoms with Gasteiger partial charge in [-0.25, -0.2) is 4.79 Å². The van der Waals surface area contributed by atoms with Gasteiger partial charge in [-0.15, -0.1) is 0 Å². The molecule has 0 aromatic heterocycles. The standard InChI is InChI=1S/C32H30N2O6/c1-31(2,3)40-30(37)26-25(23-16-19(38-4)14-15-24(23)39-5)32(28(35)21-12-8-9-13-22(21)29(32)36)27-20-11-7-6-10-18(20)17-33-34(26)27/h6-17,25-27H,1-5H3/t25-,26+,27?/m1/s1. The van der Waals surface area contributed by atoms with Gasteiger partial charge in [-0.05, 0) is 50.1 Å². The van der Waals surface area contributed by atoms with Crippen molar-refractivity contribution in [2.24, 2.45) is 10.5 Å². The quantitative estimate of drug-likeness (QED) is 0.342. The van der Waals surface area contributed by atoms with Crippen molar-refractivity contribution in [1.82, 2.24) is 5.01 Å². The summed E-state index contributed by atoms with van der Waals surface area (Å²) in [4.78, 5) is 43.7. The minimum absolute atomic E-state index is 0.330. The van der Waals surface area contributed by atoms with Gasteiger partial charge in [-0.2, -0.15) is 5.10 Å². The van der Waals surface area contributed by atoms with Crippen LogP contribution in [0.4, 0.5) is 0 Å². The van der Waals surface area contributed by atoms with Crippen molar-refractivity contribution < 1.29 is 28.6 Å². The van der Waals surface area contributed by atoms with E-state index in [1.807, 2.05) is 24.3 Å². The van der Waals surface area contributed by atoms with Crippen molar-refractivity contribution in [2.45, 2.75) is 44.4 Å². The minimum atomic E-state index is -1.72. The Bertz CT molecular complexity index is 1550. The molecule has 1 saturated heterocycles. The molecule has 3 atom stereocenters. The summed E-state index contributed by atoms with van der Waals surface area (Å²) < 4.78 is 17.3. The number of nitrogens with zero attached hydrogens (tertiary/aromatic N) is 2. The maximum atomic E-state index is 14.8. The third kappa shape index (κ3) is 3.51. The van der Waals surface area contributed by atoms with Gasteiger partial charge in [-0.1, -0.05) is 48.5 Å². The van der Waals surface area contributed by atoms with Gasteiger partial charge < -0.3 is 14.2 Å². The topological polar surface area (TPSA) is 94.5 Å². The van der Waals surface area contributed by atoms with Crippen LogP contribution in [0.1, 0.15) is 70.1 Å². The molecule has 0 N–H and O–H groups in total. The molecule has 1 spiro atoms. The van der Waals surface area contributed by atoms with E-state index in [9.17, 15) is 14.4 Å². The third-order valence-electron chi connectivity index (χ3n) is 8.00. The summed E-state index contributed by atoms with van der Waals surface area (Å²) in [5.41, 5.74) is 0.126. The lowest BCUT2D eigenvalue weighted by atomic mass is 9.63. The average Bonchev–Trinajstić information content (AvgIpc) is 3.38. The Hall–Kier alpha value is -4.46. The third-order valence-corrected chi connectivity index (χ3v) is 8.00. The summed E-state index contributed by atoms with van der Waals surface area (Å²) >= 11 is 0. The van der Waals surface area contributed by atoms with Crippen LogP contribution >= 0.6 is 0 Å². The molecule has 3 aliphatic rings. The molecule has 0 radical (unpaired) electrons. The average molecular weight is 539 g/mol. The number of ether oxygens (including phenoxy) is 3. The number of hydrogen-bond donors (Lipinski definition) is 0. The molecule has 8 nitrogen and oxygen atoms in total. The smallest absolute Gasteiger partial charge is 0.331 e. The number of esters is 1. The normalized spacial score (nSPS) is 22.1. The van der Waals surface area contributed by atoms with E-state index in [1.54, 1.807) is 74.5 Å². The summed E-state index contributed by atoms with van der Waals surface area (Å²) in [5.74, 6) is -1.37. The van der Waals surface area contributed by atoms with Gasteiger partial charge in [0.1, 0.15) is 22.5 Å². The van der Waals surface area contributed by atoms with Crippen molar-refractivity contribution in [3.8, 4) is 11.5 Å². The molecule has 6 rings (SSSR count). The van der Waals surface area contributed by atoms with Gasteiger partial charge in [0.2, 0.25) is 0 Å². The Morgan fingerprint density at radius 2 is 1.52 bits per heavy atom. The first kappa shape index (κ1) is 25.8. The van der Waals surface area contributed by atoms with Crippen molar-refractivity contribution in [2.75, 3.05) is 14.2 Å². The molecule has 204 valence electrons. The van der Waals surface area contributed by atoms with E-state index in [0.717, 1.165) is 11.1 Å². The number of benzene rings is 3. The first-order valence-corrected chi connectivity index (χ1v) is 13.2. The van der Waals surface area contributed by atoms with Crippen LogP contribution < -0.4 is 9.47 Å². The zero-order chi connectivity index (χ0) is 28.4. The van der Waals surface area contributed by atoms with Crippen molar-refractivity contribution in [3.63, 3.8) is 0 Å². The fourth-order valence-electron chi connectivity index (χ4n) is 6.54. The summed E-state index contributed by atoms with van der Waals surface area (Å²) in [6.45, 7) is 5.35. The maximum absolute atomic E-state index is 14.8. The lowest BCUT2D eigenvalue weighted by Crippen LogP contribution is -2.44. The Balaban J connectivity index is 1.71. The molecule has 1 unspecified atom stereocenters. The Morgan fingerprint density at radius 3 is 2.15 bits per heavy atom. The number of carbonyl (C=O) groups is 3. The number of Topliss-reactive ketones (excluding diaryl/α,β-unsaturated/α-hetero) is 2. The SMILES string of the molecule is COc1ccc(OC)c([C@@H]2[C@@H](C(=O)OC(C)(C)C)N3N=Cc4ccccc4C3C23C(=O)c2ccccc2C3=O)c1. The number of rotatable bonds is 4. The second-order valence-corrected chi connectivity index (χ2v) is 11.3. The fourth-order valence-corrected chi connectivity index (χ4v) is 6.54. The lowest BCUT2D eigenvalue weighted by Gasteiger charge is -2.36. The summed E-state index contributed by atoms with van der Waals surface area (Å²) in [5, 5.41) is 6.32. The van der Waals surface area contributed by atoms with Crippen LogP contribution in [0, 0.1) is 5.41 Å². The Morgan fingerprint density at radius 1 is 0.875 bits per heavy atom. The van der Waals surface area contributed by atoms with Crippen LogP contribution in [0.2, 0.25) is 0 Å². The molecule has 2 heterocycles. The van der Waals surface area contributed by atoms with E-state index in [2.05, 4.69) is 0 Å². The summed E-state index contributed by atoms with van der Waals surface area (Å²) in [6, 6.07) is 17.6. The van der Waals surface area contributed by atoms with E-state index in [0.29, 0.717) is 28.2 Å².